The minimum atomic E-state index is -0.151. The third-order valence-corrected chi connectivity index (χ3v) is 7.02. The molecule has 1 N–H and O–H groups in total. The van der Waals surface area contributed by atoms with Gasteiger partial charge in [-0.2, -0.15) is 0 Å². The summed E-state index contributed by atoms with van der Waals surface area (Å²) >= 11 is 1.59. The van der Waals surface area contributed by atoms with Gasteiger partial charge in [-0.15, -0.1) is 11.3 Å². The fraction of sp³-hybridized carbons (Fsp3) is 0.154. The zero-order valence-corrected chi connectivity index (χ0v) is 18.8. The summed E-state index contributed by atoms with van der Waals surface area (Å²) in [5, 5.41) is 5.96. The molecule has 1 aliphatic heterocycles. The summed E-state index contributed by atoms with van der Waals surface area (Å²) in [6.07, 6.45) is 2.05. The highest BCUT2D eigenvalue weighted by molar-refractivity contribution is 7.14. The molecule has 32 heavy (non-hydrogen) atoms. The quantitative estimate of drug-likeness (QED) is 0.448. The molecule has 0 radical (unpaired) electrons. The second-order valence-electron chi connectivity index (χ2n) is 8.05. The molecule has 0 saturated heterocycles. The Kier molecular flexibility index (Phi) is 5.15. The number of benzene rings is 2. The molecule has 0 unspecified atom stereocenters. The minimum Gasteiger partial charge on any atom is -0.345 e. The van der Waals surface area contributed by atoms with Crippen molar-refractivity contribution in [1.29, 1.82) is 0 Å². The predicted octanol–water partition coefficient (Wildman–Crippen LogP) is 5.63. The van der Waals surface area contributed by atoms with E-state index in [1.165, 1.54) is 0 Å². The van der Waals surface area contributed by atoms with Gasteiger partial charge in [0.15, 0.2) is 0 Å². The van der Waals surface area contributed by atoms with E-state index < -0.39 is 0 Å². The van der Waals surface area contributed by atoms with E-state index in [2.05, 4.69) is 28.2 Å². The zero-order valence-electron chi connectivity index (χ0n) is 18.0. The van der Waals surface area contributed by atoms with Crippen LogP contribution in [0, 0.1) is 13.8 Å². The maximum absolute atomic E-state index is 13.4. The van der Waals surface area contributed by atoms with Crippen molar-refractivity contribution in [2.45, 2.75) is 26.9 Å². The van der Waals surface area contributed by atoms with Gasteiger partial charge in [0.1, 0.15) is 5.00 Å². The van der Waals surface area contributed by atoms with E-state index in [0.717, 1.165) is 33.9 Å². The number of anilines is 2. The lowest BCUT2D eigenvalue weighted by atomic mass is 10.0. The van der Waals surface area contributed by atoms with Crippen molar-refractivity contribution in [3.05, 3.63) is 106 Å². The number of carbonyl (C=O) groups is 2. The number of amides is 2. The molecule has 0 fully saturated rings. The van der Waals surface area contributed by atoms with E-state index in [-0.39, 0.29) is 11.8 Å². The number of thiophene rings is 1. The molecule has 5 rings (SSSR count). The summed E-state index contributed by atoms with van der Waals surface area (Å²) in [4.78, 5) is 28.0. The second kappa shape index (κ2) is 8.13. The Morgan fingerprint density at radius 1 is 0.938 bits per heavy atom. The number of aryl methyl sites for hydroxylation is 1. The Bertz CT molecular complexity index is 1320. The van der Waals surface area contributed by atoms with Crippen molar-refractivity contribution >= 4 is 33.8 Å². The SMILES string of the molecule is Cc1cccc(C(=O)Nc2ccc(C(=O)N3Cc4cccn4Cc4ccsc43)cc2)c1C. The molecule has 0 spiro atoms. The molecule has 4 aromatic rings. The van der Waals surface area contributed by atoms with Crippen molar-refractivity contribution in [3.8, 4) is 0 Å². The van der Waals surface area contributed by atoms with Gasteiger partial charge in [0.05, 0.1) is 13.1 Å². The molecular weight excluding hydrogens is 418 g/mol. The molecule has 5 nitrogen and oxygen atoms in total. The van der Waals surface area contributed by atoms with Gasteiger partial charge in [-0.05, 0) is 78.9 Å². The van der Waals surface area contributed by atoms with Crippen LogP contribution in [0.25, 0.3) is 0 Å². The van der Waals surface area contributed by atoms with Crippen LogP contribution in [0.2, 0.25) is 0 Å². The highest BCUT2D eigenvalue weighted by atomic mass is 32.1. The van der Waals surface area contributed by atoms with E-state index in [0.29, 0.717) is 23.4 Å². The molecule has 0 atom stereocenters. The van der Waals surface area contributed by atoms with Crippen LogP contribution in [0.1, 0.15) is 43.1 Å². The maximum Gasteiger partial charge on any atom is 0.259 e. The van der Waals surface area contributed by atoms with Gasteiger partial charge in [-0.3, -0.25) is 14.5 Å². The lowest BCUT2D eigenvalue weighted by Crippen LogP contribution is -2.29. The first-order valence-corrected chi connectivity index (χ1v) is 11.4. The van der Waals surface area contributed by atoms with Crippen molar-refractivity contribution in [2.75, 3.05) is 10.2 Å². The number of carbonyl (C=O) groups excluding carboxylic acids is 2. The van der Waals surface area contributed by atoms with Crippen LogP contribution in [-0.4, -0.2) is 16.4 Å². The average molecular weight is 442 g/mol. The zero-order chi connectivity index (χ0) is 22.2. The van der Waals surface area contributed by atoms with Gasteiger partial charge in [0.2, 0.25) is 0 Å². The van der Waals surface area contributed by atoms with Crippen LogP contribution in [0.4, 0.5) is 10.7 Å². The molecule has 0 saturated carbocycles. The topological polar surface area (TPSA) is 54.3 Å². The van der Waals surface area contributed by atoms with E-state index in [1.54, 1.807) is 35.6 Å². The predicted molar refractivity (Wildman–Crippen MR) is 129 cm³/mol. The Morgan fingerprint density at radius 2 is 1.75 bits per heavy atom. The highest BCUT2D eigenvalue weighted by Gasteiger charge is 2.26. The van der Waals surface area contributed by atoms with Crippen LogP contribution < -0.4 is 10.2 Å². The molecule has 1 aliphatic rings. The van der Waals surface area contributed by atoms with Gasteiger partial charge in [-0.1, -0.05) is 12.1 Å². The number of fused-ring (bicyclic) bond motifs is 2. The Hall–Kier alpha value is -3.64. The molecule has 2 aromatic heterocycles. The molecule has 0 aliphatic carbocycles. The Balaban J connectivity index is 1.37. The number of rotatable bonds is 3. The van der Waals surface area contributed by atoms with Crippen molar-refractivity contribution in [1.82, 2.24) is 4.57 Å². The van der Waals surface area contributed by atoms with E-state index in [4.69, 9.17) is 0 Å². The van der Waals surface area contributed by atoms with Crippen LogP contribution in [0.15, 0.2) is 72.2 Å². The first-order chi connectivity index (χ1) is 15.5. The fourth-order valence-electron chi connectivity index (χ4n) is 4.06. The number of aromatic nitrogens is 1. The van der Waals surface area contributed by atoms with Gasteiger partial charge in [0, 0.05) is 34.3 Å². The Labute approximate surface area is 190 Å². The summed E-state index contributed by atoms with van der Waals surface area (Å²) in [7, 11) is 0. The average Bonchev–Trinajstić information content (AvgIpc) is 3.41. The third-order valence-electron chi connectivity index (χ3n) is 6.04. The summed E-state index contributed by atoms with van der Waals surface area (Å²) in [5.41, 5.74) is 6.21. The Morgan fingerprint density at radius 3 is 2.56 bits per heavy atom. The fourth-order valence-corrected chi connectivity index (χ4v) is 4.98. The van der Waals surface area contributed by atoms with Gasteiger partial charge in [-0.25, -0.2) is 0 Å². The van der Waals surface area contributed by atoms with Crippen LogP contribution >= 0.6 is 11.3 Å². The number of nitrogens with zero attached hydrogens (tertiary/aromatic N) is 2. The molecule has 160 valence electrons. The number of nitrogens with one attached hydrogen (secondary N) is 1. The molecule has 0 bridgehead atoms. The minimum absolute atomic E-state index is 0.0456. The smallest absolute Gasteiger partial charge is 0.259 e. The second-order valence-corrected chi connectivity index (χ2v) is 8.94. The van der Waals surface area contributed by atoms with Gasteiger partial charge < -0.3 is 9.88 Å². The van der Waals surface area contributed by atoms with Crippen LogP contribution in [-0.2, 0) is 13.1 Å². The molecular formula is C26H23N3O2S. The van der Waals surface area contributed by atoms with E-state index in [1.807, 2.05) is 48.4 Å². The summed E-state index contributed by atoms with van der Waals surface area (Å²) in [5.74, 6) is -0.197. The lowest BCUT2D eigenvalue weighted by molar-refractivity contribution is 0.0984. The first kappa shape index (κ1) is 20.3. The van der Waals surface area contributed by atoms with Crippen LogP contribution in [0.5, 0.6) is 0 Å². The summed E-state index contributed by atoms with van der Waals surface area (Å²) < 4.78 is 2.19. The number of hydrogen-bond acceptors (Lipinski definition) is 3. The van der Waals surface area contributed by atoms with Gasteiger partial charge >= 0.3 is 0 Å². The van der Waals surface area contributed by atoms with Crippen LogP contribution in [0.3, 0.4) is 0 Å². The molecule has 3 heterocycles. The summed E-state index contributed by atoms with van der Waals surface area (Å²) in [6, 6.07) is 19.0. The standard InChI is InChI=1S/C26H23N3O2S/c1-17-5-3-7-23(18(17)2)24(30)27-21-10-8-19(9-11-21)25(31)29-16-22-6-4-13-28(22)15-20-12-14-32-26(20)29/h3-14H,15-16H2,1-2H3,(H,27,30). The maximum atomic E-state index is 13.4. The lowest BCUT2D eigenvalue weighted by Gasteiger charge is -2.20. The molecule has 2 aromatic carbocycles. The third kappa shape index (κ3) is 3.63. The van der Waals surface area contributed by atoms with E-state index >= 15 is 0 Å². The first-order valence-electron chi connectivity index (χ1n) is 10.5. The van der Waals surface area contributed by atoms with Gasteiger partial charge in [0.25, 0.3) is 11.8 Å². The molecule has 2 amide bonds. The molecule has 6 heteroatoms. The monoisotopic (exact) mass is 441 g/mol. The number of hydrogen-bond donors (Lipinski definition) is 1. The summed E-state index contributed by atoms with van der Waals surface area (Å²) in [6.45, 7) is 5.24. The van der Waals surface area contributed by atoms with Crippen molar-refractivity contribution in [2.24, 2.45) is 0 Å². The van der Waals surface area contributed by atoms with Crippen molar-refractivity contribution < 1.29 is 9.59 Å². The largest absolute Gasteiger partial charge is 0.345 e. The van der Waals surface area contributed by atoms with Crippen molar-refractivity contribution in [3.63, 3.8) is 0 Å². The van der Waals surface area contributed by atoms with E-state index in [9.17, 15) is 9.59 Å². The normalized spacial score (nSPS) is 12.6. The highest BCUT2D eigenvalue weighted by Crippen LogP contribution is 2.34.